The Balaban J connectivity index is 1.38. The molecular weight excluding hydrogens is 565 g/mol. The van der Waals surface area contributed by atoms with E-state index in [0.29, 0.717) is 39.3 Å². The van der Waals surface area contributed by atoms with Gasteiger partial charge in [-0.2, -0.15) is 0 Å². The Bertz CT molecular complexity index is 1800. The van der Waals surface area contributed by atoms with Crippen LogP contribution in [0, 0.1) is 17.2 Å². The molecule has 0 saturated heterocycles. The summed E-state index contributed by atoms with van der Waals surface area (Å²) in [6.45, 7) is 7.29. The number of aromatic nitrogens is 1. The maximum absolute atomic E-state index is 14.5. The van der Waals surface area contributed by atoms with Crippen LogP contribution >= 0.6 is 22.9 Å². The van der Waals surface area contributed by atoms with E-state index in [1.165, 1.54) is 10.9 Å². The Morgan fingerprint density at radius 2 is 1.83 bits per heavy atom. The van der Waals surface area contributed by atoms with Gasteiger partial charge in [0.1, 0.15) is 10.8 Å². The zero-order chi connectivity index (χ0) is 29.4. The fourth-order valence-electron chi connectivity index (χ4n) is 5.81. The predicted octanol–water partition coefficient (Wildman–Crippen LogP) is 9.70. The van der Waals surface area contributed by atoms with Gasteiger partial charge < -0.3 is 9.88 Å². The SMILES string of the molecule is CC(C)(C)[C@@H]1CCc2c(sc(N=Cc3cn(Cc4ccccc4F)c4ccccc34)c2C(=O)Nc2ccc(Cl)cc2)C1. The molecule has 3 aromatic carbocycles. The maximum atomic E-state index is 14.5. The van der Waals surface area contributed by atoms with E-state index < -0.39 is 0 Å². The van der Waals surface area contributed by atoms with Crippen LogP contribution in [0.15, 0.2) is 84.0 Å². The van der Waals surface area contributed by atoms with Crippen LogP contribution in [0.1, 0.15) is 59.1 Å². The zero-order valence-electron chi connectivity index (χ0n) is 24.0. The highest BCUT2D eigenvalue weighted by Crippen LogP contribution is 2.45. The Kier molecular flexibility index (Phi) is 7.77. The lowest BCUT2D eigenvalue weighted by molar-refractivity contribution is 0.102. The molecule has 0 bridgehead atoms. The van der Waals surface area contributed by atoms with E-state index >= 15 is 0 Å². The molecule has 1 amide bonds. The van der Waals surface area contributed by atoms with Gasteiger partial charge in [0.05, 0.1) is 12.1 Å². The van der Waals surface area contributed by atoms with Crippen molar-refractivity contribution in [1.29, 1.82) is 0 Å². The lowest BCUT2D eigenvalue weighted by Gasteiger charge is -2.33. The fraction of sp³-hybridized carbons (Fsp3) is 0.257. The van der Waals surface area contributed by atoms with E-state index in [0.717, 1.165) is 41.3 Å². The van der Waals surface area contributed by atoms with Crippen LogP contribution in [0.2, 0.25) is 5.02 Å². The number of anilines is 1. The van der Waals surface area contributed by atoms with Crippen LogP contribution in [0.5, 0.6) is 0 Å². The number of hydrogen-bond donors (Lipinski definition) is 1. The summed E-state index contributed by atoms with van der Waals surface area (Å²) in [7, 11) is 0. The fourth-order valence-corrected chi connectivity index (χ4v) is 7.20. The van der Waals surface area contributed by atoms with Gasteiger partial charge in [-0.25, -0.2) is 9.38 Å². The Hall–Kier alpha value is -3.74. The summed E-state index contributed by atoms with van der Waals surface area (Å²) in [5.41, 5.74) is 5.20. The topological polar surface area (TPSA) is 46.4 Å². The first-order valence-electron chi connectivity index (χ1n) is 14.2. The summed E-state index contributed by atoms with van der Waals surface area (Å²) < 4.78 is 16.5. The van der Waals surface area contributed by atoms with E-state index in [4.69, 9.17) is 16.6 Å². The van der Waals surface area contributed by atoms with E-state index in [2.05, 4.69) is 36.7 Å². The lowest BCUT2D eigenvalue weighted by atomic mass is 9.72. The molecular formula is C35H33ClFN3OS. The van der Waals surface area contributed by atoms with Crippen molar-refractivity contribution >= 4 is 56.7 Å². The molecule has 2 heterocycles. The summed E-state index contributed by atoms with van der Waals surface area (Å²) in [5.74, 6) is 0.168. The highest BCUT2D eigenvalue weighted by molar-refractivity contribution is 7.16. The number of aliphatic imine (C=N–C) groups is 1. The molecule has 6 rings (SSSR count). The number of thiophene rings is 1. The number of halogens is 2. The average molecular weight is 598 g/mol. The molecule has 5 aromatic rings. The first-order chi connectivity index (χ1) is 20.2. The van der Waals surface area contributed by atoms with Crippen molar-refractivity contribution in [3.63, 3.8) is 0 Å². The lowest BCUT2D eigenvalue weighted by Crippen LogP contribution is -2.27. The number of nitrogens with zero attached hydrogens (tertiary/aromatic N) is 2. The maximum Gasteiger partial charge on any atom is 0.259 e. The quantitative estimate of drug-likeness (QED) is 0.195. The molecule has 2 aromatic heterocycles. The van der Waals surface area contributed by atoms with Crippen LogP contribution in [0.4, 0.5) is 15.1 Å². The van der Waals surface area contributed by atoms with Crippen molar-refractivity contribution in [2.24, 2.45) is 16.3 Å². The number of benzene rings is 3. The number of nitrogens with one attached hydrogen (secondary N) is 1. The van der Waals surface area contributed by atoms with E-state index in [-0.39, 0.29) is 17.1 Å². The summed E-state index contributed by atoms with van der Waals surface area (Å²) in [5, 5.41) is 5.42. The Morgan fingerprint density at radius 3 is 2.60 bits per heavy atom. The van der Waals surface area contributed by atoms with Crippen molar-refractivity contribution in [2.45, 2.75) is 46.6 Å². The molecule has 1 aliphatic rings. The molecule has 42 heavy (non-hydrogen) atoms. The number of para-hydroxylation sites is 1. The second kappa shape index (κ2) is 11.5. The molecule has 0 fully saturated rings. The number of carbonyl (C=O) groups excluding carboxylic acids is 1. The van der Waals surface area contributed by atoms with Gasteiger partial charge >= 0.3 is 0 Å². The van der Waals surface area contributed by atoms with Crippen molar-refractivity contribution in [3.8, 4) is 0 Å². The number of hydrogen-bond acceptors (Lipinski definition) is 3. The van der Waals surface area contributed by atoms with Crippen LogP contribution in [0.3, 0.4) is 0 Å². The molecule has 0 aliphatic heterocycles. The molecule has 1 atom stereocenters. The third-order valence-corrected chi connectivity index (χ3v) is 9.65. The van der Waals surface area contributed by atoms with Crippen LogP contribution in [-0.4, -0.2) is 16.7 Å². The average Bonchev–Trinajstić information content (AvgIpc) is 3.51. The highest BCUT2D eigenvalue weighted by atomic mass is 35.5. The minimum atomic E-state index is -0.223. The summed E-state index contributed by atoms with van der Waals surface area (Å²) in [4.78, 5) is 19.9. The van der Waals surface area contributed by atoms with Crippen molar-refractivity contribution < 1.29 is 9.18 Å². The number of rotatable bonds is 6. The van der Waals surface area contributed by atoms with Gasteiger partial charge in [0.25, 0.3) is 5.91 Å². The minimum Gasteiger partial charge on any atom is -0.342 e. The summed E-state index contributed by atoms with van der Waals surface area (Å²) in [6.07, 6.45) is 6.70. The number of carbonyl (C=O) groups is 1. The third kappa shape index (κ3) is 5.79. The van der Waals surface area contributed by atoms with Crippen LogP contribution < -0.4 is 5.32 Å². The predicted molar refractivity (Wildman–Crippen MR) is 173 cm³/mol. The van der Waals surface area contributed by atoms with Crippen LogP contribution in [-0.2, 0) is 19.4 Å². The molecule has 0 saturated carbocycles. The molecule has 1 N–H and O–H groups in total. The van der Waals surface area contributed by atoms with Crippen molar-refractivity contribution in [1.82, 2.24) is 4.57 Å². The van der Waals surface area contributed by atoms with Crippen LogP contribution in [0.25, 0.3) is 10.9 Å². The Morgan fingerprint density at radius 1 is 1.10 bits per heavy atom. The van der Waals surface area contributed by atoms with Crippen molar-refractivity contribution in [2.75, 3.05) is 5.32 Å². The zero-order valence-corrected chi connectivity index (χ0v) is 25.5. The van der Waals surface area contributed by atoms with Gasteiger partial charge in [-0.1, -0.05) is 68.8 Å². The van der Waals surface area contributed by atoms with E-state index in [1.54, 1.807) is 29.5 Å². The third-order valence-electron chi connectivity index (χ3n) is 8.24. The van der Waals surface area contributed by atoms with Gasteiger partial charge in [-0.3, -0.25) is 4.79 Å². The number of fused-ring (bicyclic) bond motifs is 2. The van der Waals surface area contributed by atoms with Gasteiger partial charge in [0.2, 0.25) is 0 Å². The smallest absolute Gasteiger partial charge is 0.259 e. The van der Waals surface area contributed by atoms with Gasteiger partial charge in [-0.15, -0.1) is 11.3 Å². The Labute approximate surface area is 254 Å². The molecule has 7 heteroatoms. The summed E-state index contributed by atoms with van der Waals surface area (Å²) >= 11 is 7.69. The highest BCUT2D eigenvalue weighted by Gasteiger charge is 2.33. The first kappa shape index (κ1) is 28.4. The second-order valence-corrected chi connectivity index (χ2v) is 13.5. The van der Waals surface area contributed by atoms with E-state index in [9.17, 15) is 9.18 Å². The molecule has 0 unspecified atom stereocenters. The van der Waals surface area contributed by atoms with Gasteiger partial charge in [0, 0.05) is 50.0 Å². The largest absolute Gasteiger partial charge is 0.342 e. The number of amides is 1. The molecule has 0 radical (unpaired) electrons. The van der Waals surface area contributed by atoms with Gasteiger partial charge in [-0.05, 0) is 72.6 Å². The molecule has 0 spiro atoms. The monoisotopic (exact) mass is 597 g/mol. The summed E-state index contributed by atoms with van der Waals surface area (Å²) in [6, 6.07) is 22.1. The normalized spacial score (nSPS) is 15.3. The standard InChI is InChI=1S/C35H33ClFN3OS/c1-35(2,3)24-12-17-28-31(18-24)42-34(32(28)33(41)39-26-15-13-25(36)14-16-26)38-19-23-21-40(30-11-7-5-9-27(23)30)20-22-8-4-6-10-29(22)37/h4-11,13-16,19,21,24H,12,17-18,20H2,1-3H3,(H,39,41)/t24-/m1/s1. The molecule has 214 valence electrons. The van der Waals surface area contributed by atoms with Gasteiger partial charge in [0.15, 0.2) is 0 Å². The second-order valence-electron chi connectivity index (χ2n) is 12.0. The molecule has 1 aliphatic carbocycles. The minimum absolute atomic E-state index is 0.154. The molecule has 4 nitrogen and oxygen atoms in total. The van der Waals surface area contributed by atoms with E-state index in [1.807, 2.05) is 54.9 Å². The van der Waals surface area contributed by atoms with Crippen molar-refractivity contribution in [3.05, 3.63) is 117 Å². The first-order valence-corrected chi connectivity index (χ1v) is 15.4.